The summed E-state index contributed by atoms with van der Waals surface area (Å²) in [5.74, 6) is -0.476. The zero-order valence-corrected chi connectivity index (χ0v) is 12.8. The molecule has 0 aliphatic rings. The van der Waals surface area contributed by atoms with Crippen molar-refractivity contribution in [2.45, 2.75) is 26.1 Å². The zero-order valence-electron chi connectivity index (χ0n) is 12.8. The van der Waals surface area contributed by atoms with Gasteiger partial charge in [0, 0.05) is 25.2 Å². The third-order valence-corrected chi connectivity index (χ3v) is 2.95. The van der Waals surface area contributed by atoms with Crippen molar-refractivity contribution in [1.82, 2.24) is 30.3 Å². The van der Waals surface area contributed by atoms with Gasteiger partial charge in [-0.3, -0.25) is 9.48 Å². The molecule has 0 saturated carbocycles. The molecule has 0 spiro atoms. The highest BCUT2D eigenvalue weighted by Crippen LogP contribution is 2.27. The Labute approximate surface area is 135 Å². The fourth-order valence-corrected chi connectivity index (χ4v) is 1.91. The van der Waals surface area contributed by atoms with Crippen LogP contribution in [-0.2, 0) is 19.1 Å². The third kappa shape index (κ3) is 4.72. The molecule has 0 atom stereocenters. The maximum absolute atomic E-state index is 12.7. The highest BCUT2D eigenvalue weighted by molar-refractivity contribution is 5.91. The van der Waals surface area contributed by atoms with E-state index in [1.807, 2.05) is 0 Å². The van der Waals surface area contributed by atoms with E-state index in [0.717, 1.165) is 6.07 Å². The lowest BCUT2D eigenvalue weighted by molar-refractivity contribution is -0.141. The summed E-state index contributed by atoms with van der Waals surface area (Å²) < 4.78 is 39.5. The van der Waals surface area contributed by atoms with Crippen molar-refractivity contribution >= 4 is 5.91 Å². The fraction of sp³-hybridized carbons (Fsp3) is 0.462. The Bertz CT molecular complexity index is 714. The molecule has 8 nitrogen and oxygen atoms in total. The predicted molar refractivity (Wildman–Crippen MR) is 76.9 cm³/mol. The van der Waals surface area contributed by atoms with Gasteiger partial charge in [0.2, 0.25) is 0 Å². The number of carbonyl (C=O) groups excluding carboxylic acids is 1. The first-order valence-electron chi connectivity index (χ1n) is 7.09. The number of halogens is 3. The normalized spacial score (nSPS) is 11.5. The van der Waals surface area contributed by atoms with Gasteiger partial charge in [-0.25, -0.2) is 9.97 Å². The first-order chi connectivity index (χ1) is 11.3. The first kappa shape index (κ1) is 17.8. The van der Waals surface area contributed by atoms with E-state index in [2.05, 4.69) is 25.6 Å². The molecule has 3 N–H and O–H groups in total. The van der Waals surface area contributed by atoms with Crippen LogP contribution in [0.15, 0.2) is 12.3 Å². The molecule has 1 amide bonds. The number of hydrogen-bond acceptors (Lipinski definition) is 6. The molecule has 0 bridgehead atoms. The van der Waals surface area contributed by atoms with Crippen molar-refractivity contribution in [1.29, 1.82) is 0 Å². The number of rotatable bonds is 6. The molecular formula is C13H16F3N7O. The predicted octanol–water partition coefficient (Wildman–Crippen LogP) is 0.327. The van der Waals surface area contributed by atoms with E-state index in [4.69, 9.17) is 5.73 Å². The third-order valence-electron chi connectivity index (χ3n) is 2.95. The lowest BCUT2D eigenvalue weighted by Crippen LogP contribution is -2.27. The Balaban J connectivity index is 1.93. The van der Waals surface area contributed by atoms with Crippen molar-refractivity contribution in [3.63, 3.8) is 0 Å². The summed E-state index contributed by atoms with van der Waals surface area (Å²) in [4.78, 5) is 19.3. The number of aromatic nitrogens is 5. The quantitative estimate of drug-likeness (QED) is 0.782. The van der Waals surface area contributed by atoms with Crippen molar-refractivity contribution in [3.05, 3.63) is 35.2 Å². The number of aryl methyl sites for hydroxylation is 1. The Morgan fingerprint density at radius 3 is 2.79 bits per heavy atom. The van der Waals surface area contributed by atoms with E-state index in [9.17, 15) is 18.0 Å². The van der Waals surface area contributed by atoms with Crippen LogP contribution < -0.4 is 11.1 Å². The largest absolute Gasteiger partial charge is 0.433 e. The van der Waals surface area contributed by atoms with Crippen LogP contribution in [0.4, 0.5) is 13.2 Å². The number of amides is 1. The van der Waals surface area contributed by atoms with Gasteiger partial charge in [0.1, 0.15) is 11.5 Å². The van der Waals surface area contributed by atoms with Gasteiger partial charge in [0.25, 0.3) is 5.91 Å². The van der Waals surface area contributed by atoms with Gasteiger partial charge in [0.05, 0.1) is 12.7 Å². The van der Waals surface area contributed by atoms with Gasteiger partial charge in [-0.05, 0) is 13.0 Å². The Morgan fingerprint density at radius 2 is 2.12 bits per heavy atom. The van der Waals surface area contributed by atoms with Crippen LogP contribution in [0.3, 0.4) is 0 Å². The Morgan fingerprint density at radius 1 is 1.38 bits per heavy atom. The number of nitrogens with zero attached hydrogens (tertiary/aromatic N) is 5. The molecule has 2 aromatic rings. The van der Waals surface area contributed by atoms with Gasteiger partial charge < -0.3 is 11.1 Å². The molecular weight excluding hydrogens is 327 g/mol. The zero-order chi connectivity index (χ0) is 17.7. The maximum atomic E-state index is 12.7. The van der Waals surface area contributed by atoms with Crippen LogP contribution in [-0.4, -0.2) is 44.0 Å². The molecule has 0 aromatic carbocycles. The number of nitrogens with one attached hydrogen (secondary N) is 1. The smallest absolute Gasteiger partial charge is 0.350 e. The second-order valence-corrected chi connectivity index (χ2v) is 4.97. The summed E-state index contributed by atoms with van der Waals surface area (Å²) in [5.41, 5.74) is 4.68. The van der Waals surface area contributed by atoms with E-state index in [1.54, 1.807) is 0 Å². The van der Waals surface area contributed by atoms with Crippen LogP contribution in [0.1, 0.15) is 27.7 Å². The van der Waals surface area contributed by atoms with Gasteiger partial charge >= 0.3 is 6.18 Å². The molecule has 0 aliphatic heterocycles. The molecule has 0 unspecified atom stereocenters. The van der Waals surface area contributed by atoms with Crippen molar-refractivity contribution < 1.29 is 18.0 Å². The van der Waals surface area contributed by atoms with E-state index < -0.39 is 17.8 Å². The molecule has 2 aromatic heterocycles. The minimum atomic E-state index is -4.53. The molecule has 2 heterocycles. The van der Waals surface area contributed by atoms with Crippen molar-refractivity contribution in [2.75, 3.05) is 13.1 Å². The monoisotopic (exact) mass is 343 g/mol. The highest BCUT2D eigenvalue weighted by atomic mass is 19.4. The average Bonchev–Trinajstić information content (AvgIpc) is 2.95. The van der Waals surface area contributed by atoms with Crippen LogP contribution in [0.25, 0.3) is 0 Å². The summed E-state index contributed by atoms with van der Waals surface area (Å²) in [7, 11) is 0. The topological polar surface area (TPSA) is 112 Å². The molecule has 0 radical (unpaired) electrons. The molecule has 24 heavy (non-hydrogen) atoms. The molecule has 0 saturated heterocycles. The lowest BCUT2D eigenvalue weighted by atomic mass is 10.3. The molecule has 2 rings (SSSR count). The summed E-state index contributed by atoms with van der Waals surface area (Å²) >= 11 is 0. The molecule has 11 heteroatoms. The fourth-order valence-electron chi connectivity index (χ4n) is 1.91. The van der Waals surface area contributed by atoms with E-state index in [1.165, 1.54) is 17.8 Å². The first-order valence-corrected chi connectivity index (χ1v) is 7.09. The van der Waals surface area contributed by atoms with E-state index >= 15 is 0 Å². The number of hydrogen-bond donors (Lipinski definition) is 2. The second-order valence-electron chi connectivity index (χ2n) is 4.97. The Kier molecular flexibility index (Phi) is 5.44. The molecule has 130 valence electrons. The summed E-state index contributed by atoms with van der Waals surface area (Å²) in [6, 6.07) is 0.873. The van der Waals surface area contributed by atoms with Crippen LogP contribution in [0, 0.1) is 6.92 Å². The van der Waals surface area contributed by atoms with Gasteiger partial charge in [-0.2, -0.15) is 13.2 Å². The summed E-state index contributed by atoms with van der Waals surface area (Å²) in [5, 5.41) is 9.94. The SMILES string of the molecule is Cc1cc(C(F)(F)F)nc(CCNC(=O)c2cn(CCN)nn2)n1. The number of carbonyl (C=O) groups is 1. The summed E-state index contributed by atoms with van der Waals surface area (Å²) in [6.07, 6.45) is -3.03. The van der Waals surface area contributed by atoms with Crippen LogP contribution in [0.2, 0.25) is 0 Å². The van der Waals surface area contributed by atoms with Gasteiger partial charge in [0.15, 0.2) is 5.69 Å². The van der Waals surface area contributed by atoms with E-state index in [0.29, 0.717) is 13.1 Å². The number of alkyl halides is 3. The standard InChI is InChI=1S/C13H16F3N7O/c1-8-6-10(13(14,15)16)20-11(19-8)2-4-18-12(24)9-7-23(5-3-17)22-21-9/h6-7H,2-5,17H2,1H3,(H,18,24). The van der Waals surface area contributed by atoms with Gasteiger partial charge in [-0.1, -0.05) is 5.21 Å². The lowest BCUT2D eigenvalue weighted by Gasteiger charge is -2.09. The maximum Gasteiger partial charge on any atom is 0.433 e. The van der Waals surface area contributed by atoms with Crippen LogP contribution in [0.5, 0.6) is 0 Å². The second kappa shape index (κ2) is 7.34. The minimum Gasteiger partial charge on any atom is -0.350 e. The molecule has 0 aliphatic carbocycles. The van der Waals surface area contributed by atoms with Gasteiger partial charge in [-0.15, -0.1) is 5.10 Å². The van der Waals surface area contributed by atoms with Crippen molar-refractivity contribution in [3.8, 4) is 0 Å². The highest BCUT2D eigenvalue weighted by Gasteiger charge is 2.33. The van der Waals surface area contributed by atoms with E-state index in [-0.39, 0.29) is 30.2 Å². The molecule has 0 fully saturated rings. The Hall–Kier alpha value is -2.56. The van der Waals surface area contributed by atoms with Crippen LogP contribution >= 0.6 is 0 Å². The van der Waals surface area contributed by atoms with Crippen molar-refractivity contribution in [2.24, 2.45) is 5.73 Å². The number of nitrogens with two attached hydrogens (primary N) is 1. The summed E-state index contributed by atoms with van der Waals surface area (Å²) in [6.45, 7) is 2.31. The minimum absolute atomic E-state index is 0.00871. The average molecular weight is 343 g/mol.